The first-order valence-electron chi connectivity index (χ1n) is 41.3. The van der Waals surface area contributed by atoms with Crippen molar-refractivity contribution in [2.24, 2.45) is 0 Å². The third-order valence-corrected chi connectivity index (χ3v) is 26.1. The lowest BCUT2D eigenvalue weighted by atomic mass is 9.84. The van der Waals surface area contributed by atoms with Gasteiger partial charge >= 0.3 is 0 Å². The van der Waals surface area contributed by atoms with Crippen LogP contribution in [-0.4, -0.2) is 0 Å². The van der Waals surface area contributed by atoms with Gasteiger partial charge < -0.3 is 23.1 Å². The van der Waals surface area contributed by atoms with E-state index in [1.165, 1.54) is 150 Å². The van der Waals surface area contributed by atoms with E-state index in [0.29, 0.717) is 11.8 Å². The second-order valence-corrected chi connectivity index (χ2v) is 34.7. The first-order valence-corrected chi connectivity index (χ1v) is 42.9. The van der Waals surface area contributed by atoms with Crippen molar-refractivity contribution in [2.75, 3.05) is 9.80 Å². The van der Waals surface area contributed by atoms with Gasteiger partial charge in [0.15, 0.2) is 11.2 Å². The number of fused-ring (bicyclic) bond motifs is 12. The number of nitrogens with zero attached hydrogens (tertiary/aromatic N) is 2. The minimum atomic E-state index is 0.224. The second-order valence-electron chi connectivity index (χ2n) is 33.0. The first kappa shape index (κ1) is 72.9. The van der Waals surface area contributed by atoms with Crippen molar-refractivity contribution in [3.63, 3.8) is 0 Å². The molecule has 570 valence electrons. The monoisotopic (exact) mass is 1650 g/mol. The van der Waals surface area contributed by atoms with Crippen LogP contribution in [0.15, 0.2) is 350 Å². The number of hydrogen-bond donors (Lipinski definition) is 0. The van der Waals surface area contributed by atoms with E-state index in [2.05, 4.69) is 413 Å². The third kappa shape index (κ3) is 11.9. The van der Waals surface area contributed by atoms with Crippen LogP contribution in [0, 0.1) is 0 Å². The Kier molecular flexibility index (Phi) is 18.0. The van der Waals surface area contributed by atoms with Gasteiger partial charge in [-0.3, -0.25) is 0 Å². The molecule has 118 heavy (non-hydrogen) atoms. The number of anilines is 6. The molecule has 23 aromatic rings. The van der Waals surface area contributed by atoms with Crippen LogP contribution in [0.5, 0.6) is 0 Å². The molecular formula is C111H84Br2N2O3. The Balaban J connectivity index is 0.000000145. The fraction of sp³-hybridized carbons (Fsp3) is 0.117. The third-order valence-electron chi connectivity index (χ3n) is 24.8. The van der Waals surface area contributed by atoms with Gasteiger partial charge in [0.1, 0.15) is 22.3 Å². The molecule has 0 atom stereocenters. The van der Waals surface area contributed by atoms with Crippen LogP contribution in [-0.2, 0) is 6.42 Å². The van der Waals surface area contributed by atoms with Gasteiger partial charge in [-0.05, 0) is 199 Å². The van der Waals surface area contributed by atoms with Gasteiger partial charge in [-0.2, -0.15) is 0 Å². The van der Waals surface area contributed by atoms with Crippen molar-refractivity contribution in [1.82, 2.24) is 0 Å². The van der Waals surface area contributed by atoms with Crippen LogP contribution >= 0.6 is 31.9 Å². The number of halogens is 2. The van der Waals surface area contributed by atoms with E-state index < -0.39 is 0 Å². The van der Waals surface area contributed by atoms with Gasteiger partial charge in [0.25, 0.3) is 0 Å². The average molecular weight is 1650 g/mol. The molecule has 0 aliphatic rings. The highest BCUT2D eigenvalue weighted by Gasteiger charge is 2.31. The first-order chi connectivity index (χ1) is 57.7. The van der Waals surface area contributed by atoms with Gasteiger partial charge in [0.05, 0.1) is 34.1 Å². The maximum atomic E-state index is 6.92. The minimum absolute atomic E-state index is 0.224. The molecule has 0 amide bonds. The molecule has 0 radical (unpaired) electrons. The molecule has 0 bridgehead atoms. The highest BCUT2D eigenvalue weighted by Crippen LogP contribution is 2.55. The predicted molar refractivity (Wildman–Crippen MR) is 511 cm³/mol. The zero-order valence-electron chi connectivity index (χ0n) is 67.1. The summed E-state index contributed by atoms with van der Waals surface area (Å²) in [5.74, 6) is 1.45. The van der Waals surface area contributed by atoms with Crippen LogP contribution in [0.4, 0.5) is 34.1 Å². The molecule has 0 fully saturated rings. The Morgan fingerprint density at radius 2 is 0.500 bits per heavy atom. The number of para-hydroxylation sites is 6. The fourth-order valence-electron chi connectivity index (χ4n) is 19.2. The normalized spacial score (nSPS) is 12.2. The SMILES string of the molecule is CC(C)c1cc(Br)c2ccc3c(C(C)C)cc(Br)c4ccc1c2c43.CC(C)c1cc(N(c2cccc3ccccc23)c2cccc3c2oc2ccccc23)c2ccc3c(C(C)C)cc(N(c4cccc5ccccc45)c4cccc5c4oc4ccccc45)c4ccc1c2c34.c1ccc2c(Cc3cccc4c3oc3ccccc34)cccc2c1. The number of benzene rings is 20. The maximum absolute atomic E-state index is 6.92. The smallest absolute Gasteiger partial charge is 0.159 e. The van der Waals surface area contributed by atoms with Gasteiger partial charge in [0, 0.05) is 69.2 Å². The lowest BCUT2D eigenvalue weighted by Crippen LogP contribution is -2.13. The van der Waals surface area contributed by atoms with E-state index in [-0.39, 0.29) is 11.8 Å². The average Bonchev–Trinajstić information content (AvgIpc) is 0.752. The van der Waals surface area contributed by atoms with Crippen molar-refractivity contribution in [1.29, 1.82) is 0 Å². The summed E-state index contributed by atoms with van der Waals surface area (Å²) in [7, 11) is 0. The van der Waals surface area contributed by atoms with Crippen LogP contribution in [0.2, 0.25) is 0 Å². The number of rotatable bonds is 12. The zero-order valence-corrected chi connectivity index (χ0v) is 70.2. The van der Waals surface area contributed by atoms with Crippen LogP contribution in [0.3, 0.4) is 0 Å². The van der Waals surface area contributed by atoms with Crippen molar-refractivity contribution in [3.05, 3.63) is 370 Å². The summed E-state index contributed by atoms with van der Waals surface area (Å²) in [5, 5.41) is 29.7. The number of furan rings is 3. The molecule has 3 heterocycles. The Labute approximate surface area is 701 Å². The topological polar surface area (TPSA) is 45.9 Å². The molecule has 0 aliphatic heterocycles. The molecule has 0 spiro atoms. The van der Waals surface area contributed by atoms with Crippen LogP contribution < -0.4 is 9.80 Å². The van der Waals surface area contributed by atoms with E-state index in [9.17, 15) is 0 Å². The van der Waals surface area contributed by atoms with Crippen LogP contribution in [0.1, 0.15) is 112 Å². The maximum Gasteiger partial charge on any atom is 0.159 e. The summed E-state index contributed by atoms with van der Waals surface area (Å²) in [4.78, 5) is 4.97. The zero-order chi connectivity index (χ0) is 79.9. The van der Waals surface area contributed by atoms with E-state index in [4.69, 9.17) is 13.3 Å². The Morgan fingerprint density at radius 1 is 0.220 bits per heavy atom. The fourth-order valence-corrected chi connectivity index (χ4v) is 20.4. The largest absolute Gasteiger partial charge is 0.456 e. The highest BCUT2D eigenvalue weighted by atomic mass is 79.9. The highest BCUT2D eigenvalue weighted by molar-refractivity contribution is 9.11. The van der Waals surface area contributed by atoms with Crippen molar-refractivity contribution < 1.29 is 13.3 Å². The molecule has 5 nitrogen and oxygen atoms in total. The van der Waals surface area contributed by atoms with Gasteiger partial charge in [0.2, 0.25) is 0 Å². The Bertz CT molecular complexity index is 7550. The summed E-state index contributed by atoms with van der Waals surface area (Å²) >= 11 is 7.63. The molecule has 0 N–H and O–H groups in total. The summed E-state index contributed by atoms with van der Waals surface area (Å²) in [6.07, 6.45) is 0.874. The van der Waals surface area contributed by atoms with Crippen molar-refractivity contribution in [2.45, 2.75) is 85.5 Å². The molecule has 3 aromatic heterocycles. The molecular weight excluding hydrogens is 1570 g/mol. The van der Waals surface area contributed by atoms with Crippen molar-refractivity contribution >= 4 is 229 Å². The molecule has 23 rings (SSSR count). The van der Waals surface area contributed by atoms with E-state index in [0.717, 1.165) is 95.6 Å². The minimum Gasteiger partial charge on any atom is -0.456 e. The molecule has 7 heteroatoms. The van der Waals surface area contributed by atoms with Gasteiger partial charge in [-0.15, -0.1) is 0 Å². The van der Waals surface area contributed by atoms with Gasteiger partial charge in [-0.1, -0.05) is 348 Å². The molecule has 0 aliphatic carbocycles. The summed E-state index contributed by atoms with van der Waals surface area (Å²) in [5.41, 5.74) is 19.9. The van der Waals surface area contributed by atoms with Crippen molar-refractivity contribution in [3.8, 4) is 0 Å². The summed E-state index contributed by atoms with van der Waals surface area (Å²) in [6.45, 7) is 18.4. The Morgan fingerprint density at radius 3 is 0.924 bits per heavy atom. The van der Waals surface area contributed by atoms with E-state index in [1.807, 2.05) is 12.1 Å². The second kappa shape index (κ2) is 29.1. The van der Waals surface area contributed by atoms with E-state index in [1.54, 1.807) is 0 Å². The molecule has 0 unspecified atom stereocenters. The van der Waals surface area contributed by atoms with E-state index >= 15 is 0 Å². The molecule has 0 saturated carbocycles. The standard InChI is InChI=1S/C66H48N2O2.C23H16O.C22H20Br2/c1-39(2)53-37-59(67(55-27-13-19-41-17-5-7-21-43(41)55)57-29-15-25-49-45-23-9-11-31-61(45)69-65(49)57)51-36-34-48-54(40(3)4)38-60(52-35-33-47(53)63(51)64(48)52)68(56-28-14-20-42-18-6-8-22-44(42)56)58-30-16-26-50-46-24-10-12-32-62(46)70-66(50)58;1-2-11-19-16(7-1)8-5-9-17(19)15-18-10-6-13-21-20-12-3-4-14-22(20)24-23(18)21;1-11(2)17-9-19(23)15-8-6-14-18(12(3)4)10-20(24)16-7-5-13(17)21(15)22(14)16/h5-40H,1-4H3;1-14H,15H2;5-12H,1-4H3. The Hall–Kier alpha value is -12.8. The van der Waals surface area contributed by atoms with Crippen LogP contribution in [0.25, 0.3) is 163 Å². The lowest BCUT2D eigenvalue weighted by Gasteiger charge is -2.32. The lowest BCUT2D eigenvalue weighted by molar-refractivity contribution is 0.664. The summed E-state index contributed by atoms with van der Waals surface area (Å²) < 4.78 is 22.4. The van der Waals surface area contributed by atoms with Gasteiger partial charge in [-0.25, -0.2) is 0 Å². The molecule has 20 aromatic carbocycles. The quantitative estimate of drug-likeness (QED) is 0.114. The molecule has 0 saturated heterocycles. The predicted octanol–water partition coefficient (Wildman–Crippen LogP) is 34.6. The number of hydrogen-bond acceptors (Lipinski definition) is 5. The summed E-state index contributed by atoms with van der Waals surface area (Å²) in [6, 6.07) is 119.